The number of Topliss-reactive ketones (excluding diaryl/α,β-unsaturated/α-hetero) is 1. The van der Waals surface area contributed by atoms with Crippen molar-refractivity contribution in [3.8, 4) is 16.3 Å². The second-order valence-corrected chi connectivity index (χ2v) is 7.87. The molecule has 1 aromatic heterocycles. The van der Waals surface area contributed by atoms with Crippen molar-refractivity contribution in [3.63, 3.8) is 0 Å². The standard InChI is InChI=1S/C20H18BrN3O3S/c1-24(20-23-22-19(28-20)14-3-7-15(21)8-4-14)18(26)12-11-17(25)13-5-9-16(27-2)10-6-13/h3-10H,11-12H2,1-2H3. The van der Waals surface area contributed by atoms with Gasteiger partial charge in [-0.1, -0.05) is 39.4 Å². The topological polar surface area (TPSA) is 72.4 Å². The molecule has 1 heterocycles. The third-order valence-electron chi connectivity index (χ3n) is 4.14. The largest absolute Gasteiger partial charge is 0.497 e. The van der Waals surface area contributed by atoms with Crippen LogP contribution in [0.2, 0.25) is 0 Å². The zero-order valence-corrected chi connectivity index (χ0v) is 17.8. The molecule has 0 aliphatic heterocycles. The van der Waals surface area contributed by atoms with Gasteiger partial charge in [0.25, 0.3) is 0 Å². The summed E-state index contributed by atoms with van der Waals surface area (Å²) in [4.78, 5) is 26.2. The fourth-order valence-electron chi connectivity index (χ4n) is 2.48. The fraction of sp³-hybridized carbons (Fsp3) is 0.200. The molecule has 0 fully saturated rings. The number of methoxy groups -OCH3 is 1. The quantitative estimate of drug-likeness (QED) is 0.482. The van der Waals surface area contributed by atoms with Crippen molar-refractivity contribution < 1.29 is 14.3 Å². The van der Waals surface area contributed by atoms with Gasteiger partial charge in [-0.15, -0.1) is 10.2 Å². The molecule has 1 amide bonds. The van der Waals surface area contributed by atoms with Gasteiger partial charge in [0.05, 0.1) is 7.11 Å². The van der Waals surface area contributed by atoms with E-state index in [1.54, 1.807) is 38.4 Å². The first kappa shape index (κ1) is 20.2. The Balaban J connectivity index is 1.59. The molecule has 0 spiro atoms. The van der Waals surface area contributed by atoms with E-state index in [-0.39, 0.29) is 24.5 Å². The van der Waals surface area contributed by atoms with Crippen molar-refractivity contribution in [1.29, 1.82) is 0 Å². The van der Waals surface area contributed by atoms with E-state index < -0.39 is 0 Å². The smallest absolute Gasteiger partial charge is 0.229 e. The van der Waals surface area contributed by atoms with Gasteiger partial charge < -0.3 is 4.74 Å². The van der Waals surface area contributed by atoms with Crippen LogP contribution in [0.1, 0.15) is 23.2 Å². The predicted molar refractivity (Wildman–Crippen MR) is 113 cm³/mol. The molecular weight excluding hydrogens is 442 g/mol. The van der Waals surface area contributed by atoms with Gasteiger partial charge in [-0.25, -0.2) is 0 Å². The van der Waals surface area contributed by atoms with Gasteiger partial charge in [-0.05, 0) is 36.4 Å². The van der Waals surface area contributed by atoms with Crippen LogP contribution in [0.25, 0.3) is 10.6 Å². The van der Waals surface area contributed by atoms with Gasteiger partial charge in [-0.3, -0.25) is 14.5 Å². The Morgan fingerprint density at radius 2 is 1.71 bits per heavy atom. The van der Waals surface area contributed by atoms with Gasteiger partial charge in [0.2, 0.25) is 11.0 Å². The highest BCUT2D eigenvalue weighted by Gasteiger charge is 2.18. The summed E-state index contributed by atoms with van der Waals surface area (Å²) in [6, 6.07) is 14.6. The molecule has 6 nitrogen and oxygen atoms in total. The SMILES string of the molecule is COc1ccc(C(=O)CCC(=O)N(C)c2nnc(-c3ccc(Br)cc3)s2)cc1. The first-order valence-corrected chi connectivity index (χ1v) is 10.1. The van der Waals surface area contributed by atoms with Gasteiger partial charge in [-0.2, -0.15) is 0 Å². The number of hydrogen-bond acceptors (Lipinski definition) is 6. The van der Waals surface area contributed by atoms with Gasteiger partial charge >= 0.3 is 0 Å². The number of amides is 1. The fourth-order valence-corrected chi connectivity index (χ4v) is 3.57. The molecule has 0 N–H and O–H groups in total. The summed E-state index contributed by atoms with van der Waals surface area (Å²) in [7, 11) is 3.22. The third kappa shape index (κ3) is 4.82. The molecule has 3 aromatic rings. The van der Waals surface area contributed by atoms with Crippen LogP contribution < -0.4 is 9.64 Å². The summed E-state index contributed by atoms with van der Waals surface area (Å²) in [6.07, 6.45) is 0.239. The Bertz CT molecular complexity index is 971. The Hall–Kier alpha value is -2.58. The minimum atomic E-state index is -0.180. The molecule has 0 bridgehead atoms. The lowest BCUT2D eigenvalue weighted by Gasteiger charge is -2.12. The molecule has 0 saturated carbocycles. The maximum atomic E-state index is 12.5. The Morgan fingerprint density at radius 3 is 2.36 bits per heavy atom. The lowest BCUT2D eigenvalue weighted by atomic mass is 10.1. The van der Waals surface area contributed by atoms with Crippen LogP contribution in [0.15, 0.2) is 53.0 Å². The number of hydrogen-bond donors (Lipinski definition) is 0. The van der Waals surface area contributed by atoms with Crippen LogP contribution in [-0.4, -0.2) is 36.0 Å². The molecule has 28 heavy (non-hydrogen) atoms. The van der Waals surface area contributed by atoms with Gasteiger partial charge in [0.1, 0.15) is 10.8 Å². The van der Waals surface area contributed by atoms with E-state index >= 15 is 0 Å². The van der Waals surface area contributed by atoms with Crippen molar-refractivity contribution >= 4 is 44.1 Å². The molecule has 144 valence electrons. The van der Waals surface area contributed by atoms with Crippen LogP contribution in [-0.2, 0) is 4.79 Å². The second-order valence-electron chi connectivity index (χ2n) is 6.00. The molecule has 2 aromatic carbocycles. The second kappa shape index (κ2) is 9.07. The zero-order chi connectivity index (χ0) is 20.1. The van der Waals surface area contributed by atoms with Crippen molar-refractivity contribution in [2.24, 2.45) is 0 Å². The summed E-state index contributed by atoms with van der Waals surface area (Å²) in [5.41, 5.74) is 1.49. The number of ether oxygens (including phenoxy) is 1. The van der Waals surface area contributed by atoms with Crippen LogP contribution >= 0.6 is 27.3 Å². The van der Waals surface area contributed by atoms with E-state index in [4.69, 9.17) is 4.74 Å². The number of aromatic nitrogens is 2. The van der Waals surface area contributed by atoms with E-state index in [0.717, 1.165) is 15.0 Å². The Kier molecular flexibility index (Phi) is 6.53. The monoisotopic (exact) mass is 459 g/mol. The van der Waals surface area contributed by atoms with E-state index in [9.17, 15) is 9.59 Å². The molecule has 0 unspecified atom stereocenters. The van der Waals surface area contributed by atoms with Crippen LogP contribution in [0.4, 0.5) is 5.13 Å². The number of carbonyl (C=O) groups excluding carboxylic acids is 2. The highest BCUT2D eigenvalue weighted by atomic mass is 79.9. The number of benzene rings is 2. The number of halogens is 1. The average Bonchev–Trinajstić information content (AvgIpc) is 3.22. The summed E-state index contributed by atoms with van der Waals surface area (Å²) in [6.45, 7) is 0. The van der Waals surface area contributed by atoms with Crippen molar-refractivity contribution in [2.75, 3.05) is 19.1 Å². The van der Waals surface area contributed by atoms with Crippen molar-refractivity contribution in [3.05, 3.63) is 58.6 Å². The van der Waals surface area contributed by atoms with Gasteiger partial charge in [0, 0.05) is 35.5 Å². The molecule has 0 aliphatic carbocycles. The summed E-state index contributed by atoms with van der Waals surface area (Å²) in [5.74, 6) is 0.419. The Morgan fingerprint density at radius 1 is 1.04 bits per heavy atom. The normalized spacial score (nSPS) is 10.5. The molecule has 3 rings (SSSR count). The number of anilines is 1. The zero-order valence-electron chi connectivity index (χ0n) is 15.4. The lowest BCUT2D eigenvalue weighted by molar-refractivity contribution is -0.118. The predicted octanol–water partition coefficient (Wildman–Crippen LogP) is 4.60. The first-order valence-electron chi connectivity index (χ1n) is 8.51. The summed E-state index contributed by atoms with van der Waals surface area (Å²) in [5, 5.41) is 9.50. The van der Waals surface area contributed by atoms with Crippen LogP contribution in [0.5, 0.6) is 5.75 Å². The van der Waals surface area contributed by atoms with Crippen LogP contribution in [0.3, 0.4) is 0 Å². The van der Waals surface area contributed by atoms with E-state index in [0.29, 0.717) is 16.4 Å². The number of nitrogens with zero attached hydrogens (tertiary/aromatic N) is 3. The number of ketones is 1. The molecule has 0 atom stereocenters. The van der Waals surface area contributed by atoms with E-state index in [1.165, 1.54) is 16.2 Å². The third-order valence-corrected chi connectivity index (χ3v) is 5.72. The van der Waals surface area contributed by atoms with E-state index in [1.807, 2.05) is 24.3 Å². The molecule has 0 radical (unpaired) electrons. The highest BCUT2D eigenvalue weighted by molar-refractivity contribution is 9.10. The number of rotatable bonds is 7. The molecule has 0 saturated heterocycles. The minimum absolute atomic E-state index is 0.0859. The Labute approximate surface area is 175 Å². The lowest BCUT2D eigenvalue weighted by Crippen LogP contribution is -2.26. The first-order chi connectivity index (χ1) is 13.5. The maximum Gasteiger partial charge on any atom is 0.229 e. The highest BCUT2D eigenvalue weighted by Crippen LogP contribution is 2.29. The van der Waals surface area contributed by atoms with E-state index in [2.05, 4.69) is 26.1 Å². The van der Waals surface area contributed by atoms with Crippen LogP contribution in [0, 0.1) is 0 Å². The summed E-state index contributed by atoms with van der Waals surface area (Å²) >= 11 is 4.73. The van der Waals surface area contributed by atoms with Crippen molar-refractivity contribution in [1.82, 2.24) is 10.2 Å². The maximum absolute atomic E-state index is 12.5. The van der Waals surface area contributed by atoms with Gasteiger partial charge in [0.15, 0.2) is 5.78 Å². The number of carbonyl (C=O) groups is 2. The average molecular weight is 460 g/mol. The summed E-state index contributed by atoms with van der Waals surface area (Å²) < 4.78 is 6.06. The molecule has 8 heteroatoms. The van der Waals surface area contributed by atoms with Crippen molar-refractivity contribution in [2.45, 2.75) is 12.8 Å². The molecule has 0 aliphatic rings. The molecular formula is C20H18BrN3O3S. The minimum Gasteiger partial charge on any atom is -0.497 e.